The summed E-state index contributed by atoms with van der Waals surface area (Å²) in [6.07, 6.45) is 4.12. The first-order valence-corrected chi connectivity index (χ1v) is 5.21. The van der Waals surface area contributed by atoms with Crippen LogP contribution in [0.5, 0.6) is 0 Å². The van der Waals surface area contributed by atoms with E-state index in [1.54, 1.807) is 0 Å². The van der Waals surface area contributed by atoms with E-state index in [1.807, 2.05) is 32.9 Å². The van der Waals surface area contributed by atoms with Crippen LogP contribution in [-0.2, 0) is 4.74 Å². The van der Waals surface area contributed by atoms with Crippen LogP contribution < -0.4 is 5.32 Å². The van der Waals surface area contributed by atoms with Gasteiger partial charge in [0.1, 0.15) is 5.60 Å². The summed E-state index contributed by atoms with van der Waals surface area (Å²) in [5, 5.41) is 12.3. The van der Waals surface area contributed by atoms with Crippen LogP contribution in [0.2, 0.25) is 0 Å². The molecule has 0 fully saturated rings. The van der Waals surface area contributed by atoms with E-state index >= 15 is 0 Å². The van der Waals surface area contributed by atoms with Crippen LogP contribution in [0, 0.1) is 0 Å². The van der Waals surface area contributed by atoms with Crippen LogP contribution in [0.15, 0.2) is 12.2 Å². The van der Waals surface area contributed by atoms with Gasteiger partial charge in [0, 0.05) is 0 Å². The Morgan fingerprint density at radius 1 is 1.40 bits per heavy atom. The quantitative estimate of drug-likeness (QED) is 0.650. The van der Waals surface area contributed by atoms with Crippen molar-refractivity contribution in [3.8, 4) is 0 Å². The third-order valence-corrected chi connectivity index (χ3v) is 2.10. The molecule has 4 nitrogen and oxygen atoms in total. The molecule has 0 unspecified atom stereocenters. The number of aliphatic hydroxyl groups excluding tert-OH is 1. The van der Waals surface area contributed by atoms with Crippen molar-refractivity contribution in [2.45, 2.75) is 51.4 Å². The van der Waals surface area contributed by atoms with Gasteiger partial charge < -0.3 is 15.2 Å². The molecule has 0 aromatic heterocycles. The van der Waals surface area contributed by atoms with Gasteiger partial charge in [-0.15, -0.1) is 0 Å². The van der Waals surface area contributed by atoms with Gasteiger partial charge in [0.2, 0.25) is 0 Å². The Hall–Kier alpha value is -1.03. The largest absolute Gasteiger partial charge is 0.444 e. The highest BCUT2D eigenvalue weighted by atomic mass is 16.6. The molecule has 86 valence electrons. The van der Waals surface area contributed by atoms with Crippen molar-refractivity contribution in [3.63, 3.8) is 0 Å². The van der Waals surface area contributed by atoms with Gasteiger partial charge >= 0.3 is 6.09 Å². The van der Waals surface area contributed by atoms with Gasteiger partial charge in [-0.3, -0.25) is 0 Å². The standard InChI is InChI=1S/C11H19NO3/c1-11(2,3)15-10(14)12-8-6-4-5-7-9(8)13/h4-5,8-9,13H,6-7H2,1-3H3,(H,12,14)/t8-,9-/m0/s1. The first-order chi connectivity index (χ1) is 6.88. The van der Waals surface area contributed by atoms with Crippen LogP contribution in [0.3, 0.4) is 0 Å². The first kappa shape index (κ1) is 12.0. The number of rotatable bonds is 1. The molecule has 0 saturated heterocycles. The molecule has 0 radical (unpaired) electrons. The summed E-state index contributed by atoms with van der Waals surface area (Å²) in [5.41, 5.74) is -0.500. The minimum absolute atomic E-state index is 0.232. The molecule has 4 heteroatoms. The second-order valence-corrected chi connectivity index (χ2v) is 4.76. The predicted molar refractivity (Wildman–Crippen MR) is 57.5 cm³/mol. The third-order valence-electron chi connectivity index (χ3n) is 2.10. The lowest BCUT2D eigenvalue weighted by Gasteiger charge is -2.27. The van der Waals surface area contributed by atoms with Crippen LogP contribution in [0.4, 0.5) is 4.79 Å². The molecule has 2 N–H and O–H groups in total. The Bertz CT molecular complexity index is 255. The molecule has 0 bridgehead atoms. The van der Waals surface area contributed by atoms with Crippen molar-refractivity contribution in [1.82, 2.24) is 5.32 Å². The Kier molecular flexibility index (Phi) is 3.74. The van der Waals surface area contributed by atoms with E-state index in [2.05, 4.69) is 5.32 Å². The average Bonchev–Trinajstić information content (AvgIpc) is 2.05. The number of hydrogen-bond donors (Lipinski definition) is 2. The molecular weight excluding hydrogens is 194 g/mol. The number of amides is 1. The zero-order chi connectivity index (χ0) is 11.5. The second kappa shape index (κ2) is 4.66. The smallest absolute Gasteiger partial charge is 0.407 e. The monoisotopic (exact) mass is 213 g/mol. The molecule has 0 saturated carbocycles. The summed E-state index contributed by atoms with van der Waals surface area (Å²) < 4.78 is 5.10. The number of alkyl carbamates (subject to hydrolysis) is 1. The van der Waals surface area contributed by atoms with Gasteiger partial charge in [-0.2, -0.15) is 0 Å². The molecule has 15 heavy (non-hydrogen) atoms. The molecule has 0 heterocycles. The van der Waals surface area contributed by atoms with E-state index in [9.17, 15) is 9.90 Å². The summed E-state index contributed by atoms with van der Waals surface area (Å²) in [7, 11) is 0. The Morgan fingerprint density at radius 2 is 2.00 bits per heavy atom. The average molecular weight is 213 g/mol. The highest BCUT2D eigenvalue weighted by Crippen LogP contribution is 2.13. The molecule has 1 amide bonds. The lowest BCUT2D eigenvalue weighted by molar-refractivity contribution is 0.0420. The molecule has 1 aliphatic carbocycles. The second-order valence-electron chi connectivity index (χ2n) is 4.76. The van der Waals surface area contributed by atoms with Gasteiger partial charge in [0.05, 0.1) is 12.1 Å². The summed E-state index contributed by atoms with van der Waals surface area (Å²) in [4.78, 5) is 11.4. The minimum Gasteiger partial charge on any atom is -0.444 e. The fraction of sp³-hybridized carbons (Fsp3) is 0.727. The molecule has 1 rings (SSSR count). The number of carbonyl (C=O) groups excluding carboxylic acids is 1. The zero-order valence-electron chi connectivity index (χ0n) is 9.49. The molecule has 0 aliphatic heterocycles. The van der Waals surface area contributed by atoms with E-state index in [0.717, 1.165) is 0 Å². The normalized spacial score (nSPS) is 26.1. The van der Waals surface area contributed by atoms with Gasteiger partial charge in [-0.05, 0) is 33.6 Å². The predicted octanol–water partition coefficient (Wildman–Crippen LogP) is 1.59. The van der Waals surface area contributed by atoms with Gasteiger partial charge in [0.25, 0.3) is 0 Å². The van der Waals surface area contributed by atoms with Crippen LogP contribution in [0.1, 0.15) is 33.6 Å². The van der Waals surface area contributed by atoms with Crippen molar-refractivity contribution < 1.29 is 14.6 Å². The van der Waals surface area contributed by atoms with Crippen molar-refractivity contribution in [2.24, 2.45) is 0 Å². The third kappa shape index (κ3) is 4.34. The van der Waals surface area contributed by atoms with Gasteiger partial charge in [-0.1, -0.05) is 12.2 Å². The number of carbonyl (C=O) groups is 1. The fourth-order valence-electron chi connectivity index (χ4n) is 1.41. The molecule has 1 aliphatic rings. The topological polar surface area (TPSA) is 58.6 Å². The van der Waals surface area contributed by atoms with Crippen molar-refractivity contribution in [2.75, 3.05) is 0 Å². The Balaban J connectivity index is 2.41. The summed E-state index contributed by atoms with van der Waals surface area (Å²) in [5.74, 6) is 0. The van der Waals surface area contributed by atoms with E-state index in [1.165, 1.54) is 0 Å². The van der Waals surface area contributed by atoms with E-state index in [0.29, 0.717) is 12.8 Å². The van der Waals surface area contributed by atoms with Crippen LogP contribution in [0.25, 0.3) is 0 Å². The molecule has 0 aromatic rings. The van der Waals surface area contributed by atoms with Crippen molar-refractivity contribution in [3.05, 3.63) is 12.2 Å². The van der Waals surface area contributed by atoms with E-state index < -0.39 is 17.8 Å². The lowest BCUT2D eigenvalue weighted by atomic mass is 9.99. The number of nitrogens with one attached hydrogen (secondary N) is 1. The van der Waals surface area contributed by atoms with Gasteiger partial charge in [0.15, 0.2) is 0 Å². The first-order valence-electron chi connectivity index (χ1n) is 5.21. The summed E-state index contributed by atoms with van der Waals surface area (Å²) >= 11 is 0. The Labute approximate surface area is 90.3 Å². The summed E-state index contributed by atoms with van der Waals surface area (Å²) in [6.45, 7) is 5.43. The number of hydrogen-bond acceptors (Lipinski definition) is 3. The van der Waals surface area contributed by atoms with Crippen molar-refractivity contribution >= 4 is 6.09 Å². The van der Waals surface area contributed by atoms with E-state index in [4.69, 9.17) is 4.74 Å². The number of ether oxygens (including phenoxy) is 1. The maximum atomic E-state index is 11.4. The molecular formula is C11H19NO3. The summed E-state index contributed by atoms with van der Waals surface area (Å²) in [6, 6.07) is -0.232. The highest BCUT2D eigenvalue weighted by molar-refractivity contribution is 5.68. The fourth-order valence-corrected chi connectivity index (χ4v) is 1.41. The Morgan fingerprint density at radius 3 is 2.53 bits per heavy atom. The van der Waals surface area contributed by atoms with Crippen LogP contribution in [-0.4, -0.2) is 28.9 Å². The molecule has 2 atom stereocenters. The SMILES string of the molecule is CC(C)(C)OC(=O)N[C@H]1CC=CC[C@@H]1O. The van der Waals surface area contributed by atoms with Crippen LogP contribution >= 0.6 is 0 Å². The zero-order valence-corrected chi connectivity index (χ0v) is 9.49. The maximum absolute atomic E-state index is 11.4. The van der Waals surface area contributed by atoms with Gasteiger partial charge in [-0.25, -0.2) is 4.79 Å². The van der Waals surface area contributed by atoms with Crippen molar-refractivity contribution in [1.29, 1.82) is 0 Å². The lowest BCUT2D eigenvalue weighted by Crippen LogP contribution is -2.45. The highest BCUT2D eigenvalue weighted by Gasteiger charge is 2.24. The minimum atomic E-state index is -0.512. The molecule has 0 aromatic carbocycles. The maximum Gasteiger partial charge on any atom is 0.407 e. The number of aliphatic hydroxyl groups is 1. The van der Waals surface area contributed by atoms with E-state index in [-0.39, 0.29) is 6.04 Å². The molecule has 0 spiro atoms.